The van der Waals surface area contributed by atoms with Crippen molar-refractivity contribution in [2.45, 2.75) is 25.2 Å². The second-order valence-electron chi connectivity index (χ2n) is 4.20. The van der Waals surface area contributed by atoms with Crippen molar-refractivity contribution in [2.24, 2.45) is 5.92 Å². The van der Waals surface area contributed by atoms with E-state index in [-0.39, 0.29) is 0 Å². The molecule has 1 aromatic rings. The zero-order valence-corrected chi connectivity index (χ0v) is 9.92. The molecule has 0 radical (unpaired) electrons. The van der Waals surface area contributed by atoms with Crippen LogP contribution in [0.3, 0.4) is 0 Å². The van der Waals surface area contributed by atoms with E-state index in [2.05, 4.69) is 0 Å². The van der Waals surface area contributed by atoms with E-state index in [0.717, 1.165) is 12.1 Å². The first-order valence-corrected chi connectivity index (χ1v) is 5.45. The number of hydrogen-bond acceptors (Lipinski definition) is 1. The van der Waals surface area contributed by atoms with E-state index in [0.29, 0.717) is 6.07 Å². The Labute approximate surface area is 110 Å². The number of alkyl halides is 6. The van der Waals surface area contributed by atoms with Crippen molar-refractivity contribution in [3.8, 4) is 0 Å². The molecule has 0 aliphatic carbocycles. The summed E-state index contributed by atoms with van der Waals surface area (Å²) in [6, 6.07) is 3.83. The van der Waals surface area contributed by atoms with Gasteiger partial charge in [0.15, 0.2) is 0 Å². The molecule has 0 bridgehead atoms. The first-order valence-electron chi connectivity index (χ1n) is 5.45. The first kappa shape index (κ1) is 16.3. The van der Waals surface area contributed by atoms with E-state index < -0.39 is 48.2 Å². The molecular weight excluding hydrogens is 290 g/mol. The van der Waals surface area contributed by atoms with Crippen molar-refractivity contribution in [3.05, 3.63) is 35.4 Å². The third kappa shape index (κ3) is 4.43. The molecule has 0 fully saturated rings. The minimum absolute atomic E-state index is 0.566. The predicted molar refractivity (Wildman–Crippen MR) is 56.9 cm³/mol. The third-order valence-corrected chi connectivity index (χ3v) is 2.67. The average molecular weight is 300 g/mol. The van der Waals surface area contributed by atoms with Crippen LogP contribution in [-0.4, -0.2) is 17.3 Å². The Balaban J connectivity index is 3.09. The van der Waals surface area contributed by atoms with Crippen LogP contribution in [0.1, 0.15) is 17.5 Å². The summed E-state index contributed by atoms with van der Waals surface area (Å²) in [6.45, 7) is 0. The summed E-state index contributed by atoms with van der Waals surface area (Å²) in [6.07, 6.45) is -12.0. The number of carbonyl (C=O) groups is 1. The third-order valence-electron chi connectivity index (χ3n) is 2.67. The highest BCUT2D eigenvalue weighted by molar-refractivity contribution is 5.67. The monoisotopic (exact) mass is 300 g/mol. The van der Waals surface area contributed by atoms with Crippen molar-refractivity contribution in [1.29, 1.82) is 0 Å². The summed E-state index contributed by atoms with van der Waals surface area (Å²) in [4.78, 5) is 10.4. The lowest BCUT2D eigenvalue weighted by Gasteiger charge is -2.20. The van der Waals surface area contributed by atoms with Gasteiger partial charge in [-0.3, -0.25) is 4.79 Å². The number of benzene rings is 1. The molecule has 8 heteroatoms. The van der Waals surface area contributed by atoms with Gasteiger partial charge in [0, 0.05) is 0 Å². The lowest BCUT2D eigenvalue weighted by Crippen LogP contribution is -2.28. The van der Waals surface area contributed by atoms with Crippen LogP contribution < -0.4 is 0 Å². The lowest BCUT2D eigenvalue weighted by atomic mass is 9.92. The Bertz CT molecular complexity index is 478. The Morgan fingerprint density at radius 1 is 1.10 bits per heavy atom. The van der Waals surface area contributed by atoms with Gasteiger partial charge in [-0.2, -0.15) is 26.3 Å². The van der Waals surface area contributed by atoms with Crippen molar-refractivity contribution in [3.63, 3.8) is 0 Å². The minimum Gasteiger partial charge on any atom is -0.481 e. The highest BCUT2D eigenvalue weighted by atomic mass is 19.4. The Morgan fingerprint density at radius 3 is 2.10 bits per heavy atom. The highest BCUT2D eigenvalue weighted by Crippen LogP contribution is 2.37. The van der Waals surface area contributed by atoms with Crippen molar-refractivity contribution >= 4 is 5.97 Å². The van der Waals surface area contributed by atoms with Gasteiger partial charge in [-0.1, -0.05) is 18.2 Å². The maximum Gasteiger partial charge on any atom is 0.416 e. The molecular formula is C12H10F6O2. The SMILES string of the molecule is O=C(O)CC(Cc1ccccc1C(F)(F)F)C(F)(F)F. The second-order valence-corrected chi connectivity index (χ2v) is 4.20. The van der Waals surface area contributed by atoms with Gasteiger partial charge < -0.3 is 5.11 Å². The predicted octanol–water partition coefficient (Wildman–Crippen LogP) is 3.90. The largest absolute Gasteiger partial charge is 0.481 e. The van der Waals surface area contributed by atoms with Gasteiger partial charge in [-0.05, 0) is 18.1 Å². The van der Waals surface area contributed by atoms with Crippen LogP contribution in [0.2, 0.25) is 0 Å². The fourth-order valence-corrected chi connectivity index (χ4v) is 1.75. The maximum atomic E-state index is 12.7. The molecule has 2 nitrogen and oxygen atoms in total. The normalized spacial score (nSPS) is 14.1. The number of carboxylic acid groups (broad SMARTS) is 1. The second kappa shape index (κ2) is 5.72. The molecule has 0 spiro atoms. The molecule has 20 heavy (non-hydrogen) atoms. The highest BCUT2D eigenvalue weighted by Gasteiger charge is 2.42. The fraction of sp³-hybridized carbons (Fsp3) is 0.417. The van der Waals surface area contributed by atoms with E-state index >= 15 is 0 Å². The van der Waals surface area contributed by atoms with Gasteiger partial charge in [-0.15, -0.1) is 0 Å². The molecule has 0 aliphatic rings. The van der Waals surface area contributed by atoms with Gasteiger partial charge >= 0.3 is 18.3 Å². The van der Waals surface area contributed by atoms with Gasteiger partial charge in [0.05, 0.1) is 17.9 Å². The smallest absolute Gasteiger partial charge is 0.416 e. The van der Waals surface area contributed by atoms with Gasteiger partial charge in [0.2, 0.25) is 0 Å². The van der Waals surface area contributed by atoms with Crippen LogP contribution in [0.4, 0.5) is 26.3 Å². The molecule has 0 amide bonds. The van der Waals surface area contributed by atoms with Gasteiger partial charge in [0.1, 0.15) is 0 Å². The molecule has 0 saturated heterocycles. The van der Waals surface area contributed by atoms with E-state index in [1.54, 1.807) is 0 Å². The topological polar surface area (TPSA) is 37.3 Å². The molecule has 0 heterocycles. The molecule has 0 aliphatic heterocycles. The molecule has 0 saturated carbocycles. The summed E-state index contributed by atoms with van der Waals surface area (Å²) in [7, 11) is 0. The molecule has 0 aromatic heterocycles. The Kier molecular flexibility index (Phi) is 4.67. The average Bonchev–Trinajstić information content (AvgIpc) is 2.25. The van der Waals surface area contributed by atoms with Crippen LogP contribution in [-0.2, 0) is 17.4 Å². The fourth-order valence-electron chi connectivity index (χ4n) is 1.75. The van der Waals surface area contributed by atoms with E-state index in [9.17, 15) is 31.1 Å². The summed E-state index contributed by atoms with van der Waals surface area (Å²) < 4.78 is 75.9. The zero-order chi connectivity index (χ0) is 15.6. The number of halogens is 6. The number of carboxylic acids is 1. The van der Waals surface area contributed by atoms with Crippen molar-refractivity contribution < 1.29 is 36.2 Å². The molecule has 1 rings (SSSR count). The number of aliphatic carboxylic acids is 1. The van der Waals surface area contributed by atoms with E-state index in [4.69, 9.17) is 5.11 Å². The first-order chi connectivity index (χ1) is 9.01. The summed E-state index contributed by atoms with van der Waals surface area (Å²) in [5.74, 6) is -4.07. The van der Waals surface area contributed by atoms with E-state index in [1.165, 1.54) is 6.07 Å². The number of rotatable bonds is 4. The lowest BCUT2D eigenvalue weighted by molar-refractivity contribution is -0.183. The Hall–Kier alpha value is -1.73. The molecule has 112 valence electrons. The molecule has 1 unspecified atom stereocenters. The molecule has 1 N–H and O–H groups in total. The number of hydrogen-bond donors (Lipinski definition) is 1. The van der Waals surface area contributed by atoms with Crippen molar-refractivity contribution in [1.82, 2.24) is 0 Å². The van der Waals surface area contributed by atoms with Crippen LogP contribution >= 0.6 is 0 Å². The standard InChI is InChI=1S/C12H10F6O2/c13-11(14,15)8(6-10(19)20)5-7-3-1-2-4-9(7)12(16,17)18/h1-4,8H,5-6H2,(H,19,20). The zero-order valence-electron chi connectivity index (χ0n) is 9.92. The summed E-state index contributed by atoms with van der Waals surface area (Å²) in [5.41, 5.74) is -1.75. The summed E-state index contributed by atoms with van der Waals surface area (Å²) >= 11 is 0. The minimum atomic E-state index is -4.88. The van der Waals surface area contributed by atoms with Crippen molar-refractivity contribution in [2.75, 3.05) is 0 Å². The van der Waals surface area contributed by atoms with Crippen LogP contribution in [0.5, 0.6) is 0 Å². The maximum absolute atomic E-state index is 12.7. The molecule has 1 aromatic carbocycles. The van der Waals surface area contributed by atoms with Gasteiger partial charge in [-0.25, -0.2) is 0 Å². The van der Waals surface area contributed by atoms with Crippen LogP contribution in [0.15, 0.2) is 24.3 Å². The quantitative estimate of drug-likeness (QED) is 0.856. The van der Waals surface area contributed by atoms with Crippen LogP contribution in [0, 0.1) is 5.92 Å². The van der Waals surface area contributed by atoms with Gasteiger partial charge in [0.25, 0.3) is 0 Å². The molecule has 1 atom stereocenters. The summed E-state index contributed by atoms with van der Waals surface area (Å²) in [5, 5.41) is 8.43. The Morgan fingerprint density at radius 2 is 1.65 bits per heavy atom. The van der Waals surface area contributed by atoms with E-state index in [1.807, 2.05) is 0 Å². The van der Waals surface area contributed by atoms with Crippen LogP contribution in [0.25, 0.3) is 0 Å².